The van der Waals surface area contributed by atoms with Crippen LogP contribution in [0.15, 0.2) is 18.2 Å². The van der Waals surface area contributed by atoms with E-state index in [0.29, 0.717) is 23.6 Å². The first-order chi connectivity index (χ1) is 9.17. The molecule has 1 aromatic carbocycles. The molecule has 1 aliphatic rings. The van der Waals surface area contributed by atoms with Crippen LogP contribution in [0.1, 0.15) is 43.0 Å². The van der Waals surface area contributed by atoms with Gasteiger partial charge in [0, 0.05) is 24.2 Å². The molecule has 0 atom stereocenters. The largest absolute Gasteiger partial charge is 0.363 e. The van der Waals surface area contributed by atoms with E-state index in [4.69, 9.17) is 0 Å². The van der Waals surface area contributed by atoms with Gasteiger partial charge in [-0.1, -0.05) is 12.8 Å². The van der Waals surface area contributed by atoms with Gasteiger partial charge < -0.3 is 4.90 Å². The lowest BCUT2D eigenvalue weighted by atomic mass is 10.1. The van der Waals surface area contributed by atoms with Gasteiger partial charge in [0.25, 0.3) is 5.69 Å². The Bertz CT molecular complexity index is 482. The second kappa shape index (κ2) is 5.82. The second-order valence-corrected chi connectivity index (χ2v) is 4.85. The number of nitro groups is 1. The van der Waals surface area contributed by atoms with Crippen molar-refractivity contribution in [3.8, 4) is 0 Å². The van der Waals surface area contributed by atoms with Gasteiger partial charge in [0.2, 0.25) is 0 Å². The summed E-state index contributed by atoms with van der Waals surface area (Å²) in [5.41, 5.74) is 1.00. The summed E-state index contributed by atoms with van der Waals surface area (Å²) in [5.74, 6) is 0. The van der Waals surface area contributed by atoms with Crippen molar-refractivity contribution in [2.24, 2.45) is 0 Å². The van der Waals surface area contributed by atoms with E-state index in [0.717, 1.165) is 19.4 Å². The second-order valence-electron chi connectivity index (χ2n) is 4.85. The highest BCUT2D eigenvalue weighted by Crippen LogP contribution is 2.34. The molecular weight excluding hydrogens is 244 g/mol. The molecule has 102 valence electrons. The van der Waals surface area contributed by atoms with Crippen molar-refractivity contribution >= 4 is 17.7 Å². The number of nitro benzene ring substituents is 1. The Labute approximate surface area is 112 Å². The maximum Gasteiger partial charge on any atom is 0.293 e. The van der Waals surface area contributed by atoms with Crippen molar-refractivity contribution in [1.29, 1.82) is 0 Å². The van der Waals surface area contributed by atoms with Crippen LogP contribution < -0.4 is 4.90 Å². The summed E-state index contributed by atoms with van der Waals surface area (Å²) in [4.78, 5) is 23.6. The molecule has 0 amide bonds. The Kier molecular flexibility index (Phi) is 4.14. The van der Waals surface area contributed by atoms with Crippen molar-refractivity contribution in [3.05, 3.63) is 33.9 Å². The summed E-state index contributed by atoms with van der Waals surface area (Å²) < 4.78 is 0. The molecule has 0 saturated heterocycles. The van der Waals surface area contributed by atoms with Crippen LogP contribution in [0.5, 0.6) is 0 Å². The summed E-state index contributed by atoms with van der Waals surface area (Å²) in [7, 11) is 0. The number of hydrogen-bond donors (Lipinski definition) is 0. The predicted molar refractivity (Wildman–Crippen MR) is 73.8 cm³/mol. The number of rotatable bonds is 5. The van der Waals surface area contributed by atoms with Crippen LogP contribution in [-0.4, -0.2) is 23.8 Å². The van der Waals surface area contributed by atoms with E-state index in [9.17, 15) is 14.9 Å². The molecule has 5 heteroatoms. The lowest BCUT2D eigenvalue weighted by Crippen LogP contribution is -2.33. The summed E-state index contributed by atoms with van der Waals surface area (Å²) in [6, 6.07) is 5.09. The summed E-state index contributed by atoms with van der Waals surface area (Å²) in [6.07, 6.45) is 5.17. The van der Waals surface area contributed by atoms with Crippen LogP contribution in [0.3, 0.4) is 0 Å². The van der Waals surface area contributed by atoms with Crippen LogP contribution in [-0.2, 0) is 0 Å². The standard InChI is InChI=1S/C14H18N2O3/c1-2-15(12-5-3-4-6-12)13-8-7-11(10-17)9-14(13)16(18)19/h7-10,12H,2-6H2,1H3. The van der Waals surface area contributed by atoms with E-state index in [2.05, 4.69) is 4.90 Å². The monoisotopic (exact) mass is 262 g/mol. The van der Waals surface area contributed by atoms with Crippen molar-refractivity contribution in [3.63, 3.8) is 0 Å². The van der Waals surface area contributed by atoms with E-state index >= 15 is 0 Å². The first kappa shape index (κ1) is 13.5. The van der Waals surface area contributed by atoms with E-state index in [-0.39, 0.29) is 5.69 Å². The Hall–Kier alpha value is -1.91. The zero-order valence-electron chi connectivity index (χ0n) is 11.0. The van der Waals surface area contributed by atoms with Gasteiger partial charge in [0.1, 0.15) is 12.0 Å². The van der Waals surface area contributed by atoms with E-state index in [1.807, 2.05) is 6.92 Å². The summed E-state index contributed by atoms with van der Waals surface area (Å²) >= 11 is 0. The fourth-order valence-electron chi connectivity index (χ4n) is 2.84. The molecule has 5 nitrogen and oxygen atoms in total. The van der Waals surface area contributed by atoms with Crippen molar-refractivity contribution in [1.82, 2.24) is 0 Å². The maximum absolute atomic E-state index is 11.2. The van der Waals surface area contributed by atoms with Gasteiger partial charge in [0.15, 0.2) is 0 Å². The average Bonchev–Trinajstić information content (AvgIpc) is 2.93. The molecule has 19 heavy (non-hydrogen) atoms. The molecule has 1 fully saturated rings. The van der Waals surface area contributed by atoms with Gasteiger partial charge in [-0.05, 0) is 31.9 Å². The Balaban J connectivity index is 2.40. The topological polar surface area (TPSA) is 63.5 Å². The average molecular weight is 262 g/mol. The molecule has 0 unspecified atom stereocenters. The molecule has 1 aliphatic carbocycles. The third-order valence-corrected chi connectivity index (χ3v) is 3.75. The summed E-state index contributed by atoms with van der Waals surface area (Å²) in [5, 5.41) is 11.2. The Morgan fingerprint density at radius 3 is 2.63 bits per heavy atom. The number of hydrogen-bond acceptors (Lipinski definition) is 4. The van der Waals surface area contributed by atoms with E-state index in [1.165, 1.54) is 18.9 Å². The predicted octanol–water partition coefficient (Wildman–Crippen LogP) is 3.18. The third-order valence-electron chi connectivity index (χ3n) is 3.75. The van der Waals surface area contributed by atoms with Gasteiger partial charge in [-0.3, -0.25) is 14.9 Å². The number of aldehydes is 1. The van der Waals surface area contributed by atoms with Gasteiger partial charge in [-0.2, -0.15) is 0 Å². The van der Waals surface area contributed by atoms with Crippen LogP contribution in [0.25, 0.3) is 0 Å². The number of benzene rings is 1. The minimum atomic E-state index is -0.403. The summed E-state index contributed by atoms with van der Waals surface area (Å²) in [6.45, 7) is 2.75. The molecule has 0 spiro atoms. The highest BCUT2D eigenvalue weighted by atomic mass is 16.6. The lowest BCUT2D eigenvalue weighted by molar-refractivity contribution is -0.384. The number of anilines is 1. The highest BCUT2D eigenvalue weighted by molar-refractivity contribution is 5.79. The molecule has 0 bridgehead atoms. The van der Waals surface area contributed by atoms with Gasteiger partial charge in [0.05, 0.1) is 4.92 Å². The molecule has 0 aliphatic heterocycles. The first-order valence-electron chi connectivity index (χ1n) is 6.67. The van der Waals surface area contributed by atoms with Gasteiger partial charge >= 0.3 is 0 Å². The SMILES string of the molecule is CCN(c1ccc(C=O)cc1[N+](=O)[O-])C1CCCC1. The number of nitrogens with zero attached hydrogens (tertiary/aromatic N) is 2. The molecular formula is C14H18N2O3. The molecule has 1 saturated carbocycles. The first-order valence-corrected chi connectivity index (χ1v) is 6.67. The number of carbonyl (C=O) groups is 1. The van der Waals surface area contributed by atoms with Crippen molar-refractivity contribution in [2.75, 3.05) is 11.4 Å². The van der Waals surface area contributed by atoms with Crippen LogP contribution >= 0.6 is 0 Å². The van der Waals surface area contributed by atoms with Crippen LogP contribution in [0, 0.1) is 10.1 Å². The molecule has 0 radical (unpaired) electrons. The minimum absolute atomic E-state index is 0.0262. The molecule has 0 heterocycles. The smallest absolute Gasteiger partial charge is 0.293 e. The zero-order chi connectivity index (χ0) is 13.8. The third kappa shape index (κ3) is 2.75. The highest BCUT2D eigenvalue weighted by Gasteiger charge is 2.27. The molecule has 0 N–H and O–H groups in total. The van der Waals surface area contributed by atoms with Gasteiger partial charge in [-0.15, -0.1) is 0 Å². The van der Waals surface area contributed by atoms with E-state index < -0.39 is 4.92 Å². The quantitative estimate of drug-likeness (QED) is 0.464. The number of carbonyl (C=O) groups excluding carboxylic acids is 1. The van der Waals surface area contributed by atoms with Crippen LogP contribution in [0.2, 0.25) is 0 Å². The Morgan fingerprint density at radius 1 is 1.42 bits per heavy atom. The van der Waals surface area contributed by atoms with Crippen molar-refractivity contribution < 1.29 is 9.72 Å². The molecule has 0 aromatic heterocycles. The molecule has 1 aromatic rings. The zero-order valence-corrected chi connectivity index (χ0v) is 11.0. The van der Waals surface area contributed by atoms with Crippen LogP contribution in [0.4, 0.5) is 11.4 Å². The lowest BCUT2D eigenvalue weighted by Gasteiger charge is -2.29. The Morgan fingerprint density at radius 2 is 2.11 bits per heavy atom. The molecule has 2 rings (SSSR count). The van der Waals surface area contributed by atoms with E-state index in [1.54, 1.807) is 12.1 Å². The fraction of sp³-hybridized carbons (Fsp3) is 0.500. The fourth-order valence-corrected chi connectivity index (χ4v) is 2.84. The maximum atomic E-state index is 11.2. The minimum Gasteiger partial charge on any atom is -0.363 e. The van der Waals surface area contributed by atoms with Gasteiger partial charge in [-0.25, -0.2) is 0 Å². The van der Waals surface area contributed by atoms with Crippen molar-refractivity contribution in [2.45, 2.75) is 38.6 Å². The normalized spacial score (nSPS) is 15.4.